The van der Waals surface area contributed by atoms with Crippen LogP contribution < -0.4 is 4.74 Å². The van der Waals surface area contributed by atoms with Gasteiger partial charge in [-0.25, -0.2) is 0 Å². The van der Waals surface area contributed by atoms with Crippen molar-refractivity contribution in [2.45, 2.75) is 39.2 Å². The number of aliphatic hydroxyl groups excluding tert-OH is 1. The molecule has 1 fully saturated rings. The van der Waals surface area contributed by atoms with Gasteiger partial charge < -0.3 is 19.6 Å². The Morgan fingerprint density at radius 2 is 1.82 bits per heavy atom. The van der Waals surface area contributed by atoms with Crippen LogP contribution in [-0.4, -0.2) is 60.4 Å². The lowest BCUT2D eigenvalue weighted by atomic mass is 9.94. The molecule has 3 rings (SSSR count). The van der Waals surface area contributed by atoms with Crippen LogP contribution in [0.1, 0.15) is 48.9 Å². The molecule has 0 spiro atoms. The van der Waals surface area contributed by atoms with E-state index in [1.807, 2.05) is 32.0 Å². The summed E-state index contributed by atoms with van der Waals surface area (Å²) in [6, 6.07) is 11.7. The molecule has 1 aliphatic heterocycles. The van der Waals surface area contributed by atoms with Crippen LogP contribution in [0, 0.1) is 6.92 Å². The fourth-order valence-corrected chi connectivity index (χ4v) is 4.26. The quantitative estimate of drug-likeness (QED) is 0.217. The average Bonchev–Trinajstić information content (AvgIpc) is 3.04. The molecule has 0 aliphatic carbocycles. The SMILES string of the molecule is CCCCOc1ccc(C(O)=C2C(=O)C(=O)N(CCCN(C)C)[C@H]2c2ccc(Cl)cc2)c(C)c1. The number of amides is 1. The lowest BCUT2D eigenvalue weighted by molar-refractivity contribution is -0.139. The predicted octanol–water partition coefficient (Wildman–Crippen LogP) is 5.20. The summed E-state index contributed by atoms with van der Waals surface area (Å²) in [5.41, 5.74) is 2.10. The van der Waals surface area contributed by atoms with Crippen LogP contribution in [0.2, 0.25) is 5.02 Å². The van der Waals surface area contributed by atoms with E-state index in [2.05, 4.69) is 6.92 Å². The van der Waals surface area contributed by atoms with Crippen molar-refractivity contribution >= 4 is 29.1 Å². The molecule has 0 unspecified atom stereocenters. The molecule has 182 valence electrons. The number of nitrogens with zero attached hydrogens (tertiary/aromatic N) is 2. The fraction of sp³-hybridized carbons (Fsp3) is 0.407. The van der Waals surface area contributed by atoms with E-state index in [0.29, 0.717) is 35.9 Å². The summed E-state index contributed by atoms with van der Waals surface area (Å²) < 4.78 is 5.76. The molecule has 1 saturated heterocycles. The monoisotopic (exact) mass is 484 g/mol. The lowest BCUT2D eigenvalue weighted by Crippen LogP contribution is -2.32. The minimum atomic E-state index is -0.681. The Kier molecular flexibility index (Phi) is 8.75. The van der Waals surface area contributed by atoms with E-state index in [0.717, 1.165) is 30.5 Å². The molecule has 7 heteroatoms. The van der Waals surface area contributed by atoms with Gasteiger partial charge in [0.05, 0.1) is 18.2 Å². The molecular weight excluding hydrogens is 452 g/mol. The summed E-state index contributed by atoms with van der Waals surface area (Å²) in [5, 5.41) is 11.9. The lowest BCUT2D eigenvalue weighted by Gasteiger charge is -2.26. The molecule has 1 amide bonds. The third-order valence-electron chi connectivity index (χ3n) is 5.95. The summed E-state index contributed by atoms with van der Waals surface area (Å²) in [6.07, 6.45) is 2.70. The van der Waals surface area contributed by atoms with Crippen molar-refractivity contribution in [3.05, 3.63) is 69.8 Å². The van der Waals surface area contributed by atoms with Crippen LogP contribution in [0.3, 0.4) is 0 Å². The Balaban J connectivity index is 2.02. The first-order chi connectivity index (χ1) is 16.2. The van der Waals surface area contributed by atoms with E-state index >= 15 is 0 Å². The van der Waals surface area contributed by atoms with E-state index in [1.165, 1.54) is 0 Å². The second-order valence-corrected chi connectivity index (χ2v) is 9.32. The Morgan fingerprint density at radius 1 is 1.12 bits per heavy atom. The van der Waals surface area contributed by atoms with E-state index in [1.54, 1.807) is 41.3 Å². The van der Waals surface area contributed by atoms with E-state index < -0.39 is 17.7 Å². The largest absolute Gasteiger partial charge is 0.507 e. The first-order valence-corrected chi connectivity index (χ1v) is 12.0. The Labute approximate surface area is 206 Å². The first-order valence-electron chi connectivity index (χ1n) is 11.7. The van der Waals surface area contributed by atoms with E-state index in [9.17, 15) is 14.7 Å². The van der Waals surface area contributed by atoms with Crippen molar-refractivity contribution in [3.63, 3.8) is 0 Å². The third kappa shape index (κ3) is 5.80. The number of benzene rings is 2. The second-order valence-electron chi connectivity index (χ2n) is 8.88. The summed E-state index contributed by atoms with van der Waals surface area (Å²) in [5.74, 6) is -0.741. The topological polar surface area (TPSA) is 70.1 Å². The number of hydrogen-bond donors (Lipinski definition) is 1. The molecule has 2 aromatic carbocycles. The van der Waals surface area contributed by atoms with Crippen molar-refractivity contribution in [1.82, 2.24) is 9.80 Å². The first kappa shape index (κ1) is 25.8. The van der Waals surface area contributed by atoms with Crippen molar-refractivity contribution in [1.29, 1.82) is 0 Å². The maximum atomic E-state index is 13.2. The highest BCUT2D eigenvalue weighted by molar-refractivity contribution is 6.46. The molecule has 2 aromatic rings. The molecule has 0 aromatic heterocycles. The number of carbonyl (C=O) groups excluding carboxylic acids is 2. The highest BCUT2D eigenvalue weighted by atomic mass is 35.5. The van der Waals surface area contributed by atoms with Crippen LogP contribution >= 0.6 is 11.6 Å². The van der Waals surface area contributed by atoms with Crippen LogP contribution in [-0.2, 0) is 9.59 Å². The second kappa shape index (κ2) is 11.5. The number of ketones is 1. The Morgan fingerprint density at radius 3 is 2.44 bits per heavy atom. The highest BCUT2D eigenvalue weighted by Crippen LogP contribution is 2.40. The van der Waals surface area contributed by atoms with Gasteiger partial charge in [-0.2, -0.15) is 0 Å². The average molecular weight is 485 g/mol. The number of likely N-dealkylation sites (tertiary alicyclic amines) is 1. The van der Waals surface area contributed by atoms with Gasteiger partial charge in [0, 0.05) is 17.1 Å². The predicted molar refractivity (Wildman–Crippen MR) is 135 cm³/mol. The number of hydrogen-bond acceptors (Lipinski definition) is 5. The van der Waals surface area contributed by atoms with Gasteiger partial charge in [0.15, 0.2) is 0 Å². The molecule has 1 atom stereocenters. The molecule has 0 bridgehead atoms. The van der Waals surface area contributed by atoms with Crippen LogP contribution in [0.5, 0.6) is 5.75 Å². The summed E-state index contributed by atoms with van der Waals surface area (Å²) in [6.45, 7) is 5.75. The van der Waals surface area contributed by atoms with Crippen molar-refractivity contribution in [2.24, 2.45) is 0 Å². The van der Waals surface area contributed by atoms with E-state index in [4.69, 9.17) is 16.3 Å². The molecule has 1 aliphatic rings. The smallest absolute Gasteiger partial charge is 0.295 e. The zero-order valence-electron chi connectivity index (χ0n) is 20.3. The van der Waals surface area contributed by atoms with Gasteiger partial charge >= 0.3 is 0 Å². The molecule has 1 N–H and O–H groups in total. The van der Waals surface area contributed by atoms with Crippen LogP contribution in [0.15, 0.2) is 48.0 Å². The zero-order chi connectivity index (χ0) is 24.8. The Bertz CT molecular complexity index is 1060. The number of carbonyl (C=O) groups is 2. The van der Waals surface area contributed by atoms with E-state index in [-0.39, 0.29) is 11.3 Å². The fourth-order valence-electron chi connectivity index (χ4n) is 4.13. The van der Waals surface area contributed by atoms with Gasteiger partial charge in [0.1, 0.15) is 11.5 Å². The number of aryl methyl sites for hydroxylation is 1. The molecule has 1 heterocycles. The van der Waals surface area contributed by atoms with Crippen LogP contribution in [0.4, 0.5) is 0 Å². The number of ether oxygens (including phenoxy) is 1. The van der Waals surface area contributed by atoms with Gasteiger partial charge in [-0.15, -0.1) is 0 Å². The maximum absolute atomic E-state index is 13.2. The minimum Gasteiger partial charge on any atom is -0.507 e. The Hall–Kier alpha value is -2.83. The molecular formula is C27H33ClN2O4. The normalized spacial score (nSPS) is 17.6. The van der Waals surface area contributed by atoms with Crippen molar-refractivity contribution in [2.75, 3.05) is 33.8 Å². The molecule has 34 heavy (non-hydrogen) atoms. The number of rotatable bonds is 10. The van der Waals surface area contributed by atoms with Gasteiger partial charge in [-0.05, 0) is 81.9 Å². The van der Waals surface area contributed by atoms with Gasteiger partial charge in [-0.3, -0.25) is 9.59 Å². The third-order valence-corrected chi connectivity index (χ3v) is 6.20. The van der Waals surface area contributed by atoms with Crippen molar-refractivity contribution in [3.8, 4) is 5.75 Å². The standard InChI is InChI=1S/C27H33ClN2O4/c1-5-6-16-34-21-12-13-22(18(2)17-21)25(31)23-24(19-8-10-20(28)11-9-19)30(27(33)26(23)32)15-7-14-29(3)4/h8-13,17,24,31H,5-7,14-16H2,1-4H3/t24-/m0/s1. The number of Topliss-reactive ketones (excluding diaryl/α,β-unsaturated/α-hetero) is 1. The summed E-state index contributed by atoms with van der Waals surface area (Å²) in [7, 11) is 3.92. The zero-order valence-corrected chi connectivity index (χ0v) is 21.1. The molecule has 0 saturated carbocycles. The van der Waals surface area contributed by atoms with Gasteiger partial charge in [0.2, 0.25) is 0 Å². The highest BCUT2D eigenvalue weighted by Gasteiger charge is 2.45. The number of unbranched alkanes of at least 4 members (excludes halogenated alkanes) is 1. The van der Waals surface area contributed by atoms with Gasteiger partial charge in [-0.1, -0.05) is 37.1 Å². The summed E-state index contributed by atoms with van der Waals surface area (Å²) in [4.78, 5) is 29.8. The number of halogens is 1. The van der Waals surface area contributed by atoms with Crippen LogP contribution in [0.25, 0.3) is 5.76 Å². The molecule has 6 nitrogen and oxygen atoms in total. The van der Waals surface area contributed by atoms with Gasteiger partial charge in [0.25, 0.3) is 11.7 Å². The summed E-state index contributed by atoms with van der Waals surface area (Å²) >= 11 is 6.08. The number of aliphatic hydroxyl groups is 1. The van der Waals surface area contributed by atoms with Crippen molar-refractivity contribution < 1.29 is 19.4 Å². The molecule has 0 radical (unpaired) electrons. The minimum absolute atomic E-state index is 0.0972. The maximum Gasteiger partial charge on any atom is 0.295 e.